The van der Waals surface area contributed by atoms with E-state index in [4.69, 9.17) is 9.47 Å². The lowest BCUT2D eigenvalue weighted by atomic mass is 10.0. The Balaban J connectivity index is 2.16. The molecule has 0 atom stereocenters. The minimum absolute atomic E-state index is 0.00292. The van der Waals surface area contributed by atoms with Crippen LogP contribution in [0.4, 0.5) is 0 Å². The fourth-order valence-corrected chi connectivity index (χ4v) is 2.11. The zero-order valence-corrected chi connectivity index (χ0v) is 11.9. The maximum atomic E-state index is 12.4. The summed E-state index contributed by atoms with van der Waals surface area (Å²) in [5.74, 6) is 1.09. The monoisotopic (exact) mass is 274 g/mol. The molecule has 0 aliphatic heterocycles. The van der Waals surface area contributed by atoms with Crippen molar-refractivity contribution >= 4 is 5.78 Å². The Morgan fingerprint density at radius 3 is 2.40 bits per heavy atom. The van der Waals surface area contributed by atoms with Gasteiger partial charge in [0.1, 0.15) is 17.1 Å². The average molecular weight is 274 g/mol. The Labute approximate surface area is 118 Å². The van der Waals surface area contributed by atoms with Gasteiger partial charge < -0.3 is 9.47 Å². The van der Waals surface area contributed by atoms with Crippen molar-refractivity contribution in [2.24, 2.45) is 7.05 Å². The topological polar surface area (TPSA) is 53.4 Å². The van der Waals surface area contributed by atoms with Crippen molar-refractivity contribution in [1.82, 2.24) is 9.78 Å². The highest BCUT2D eigenvalue weighted by atomic mass is 16.5. The zero-order valence-electron chi connectivity index (χ0n) is 11.9. The van der Waals surface area contributed by atoms with Gasteiger partial charge in [0.15, 0.2) is 5.78 Å². The molecular weight excluding hydrogens is 256 g/mol. The highest BCUT2D eigenvalue weighted by Crippen LogP contribution is 2.29. The van der Waals surface area contributed by atoms with Crippen LogP contribution in [0.25, 0.3) is 0 Å². The van der Waals surface area contributed by atoms with Crippen LogP contribution in [0.5, 0.6) is 11.5 Å². The molecule has 106 valence electrons. The molecule has 0 unspecified atom stereocenters. The van der Waals surface area contributed by atoms with E-state index in [0.29, 0.717) is 29.9 Å². The SMILES string of the molecule is COc1cccc(OC)c1C(=O)CCc1cnn(C)c1. The van der Waals surface area contributed by atoms with Gasteiger partial charge in [0.05, 0.1) is 20.4 Å². The number of benzene rings is 1. The molecule has 0 saturated heterocycles. The molecule has 0 fully saturated rings. The van der Waals surface area contributed by atoms with Crippen LogP contribution >= 0.6 is 0 Å². The molecule has 1 aromatic heterocycles. The lowest BCUT2D eigenvalue weighted by Gasteiger charge is -2.11. The Bertz CT molecular complexity index is 583. The Hall–Kier alpha value is -2.30. The van der Waals surface area contributed by atoms with Gasteiger partial charge in [0.25, 0.3) is 0 Å². The molecule has 0 aliphatic carbocycles. The molecule has 1 heterocycles. The molecule has 0 radical (unpaired) electrons. The molecule has 0 N–H and O–H groups in total. The van der Waals surface area contributed by atoms with Gasteiger partial charge in [-0.15, -0.1) is 0 Å². The van der Waals surface area contributed by atoms with Crippen molar-refractivity contribution in [2.45, 2.75) is 12.8 Å². The summed E-state index contributed by atoms with van der Waals surface area (Å²) < 4.78 is 12.2. The van der Waals surface area contributed by atoms with Crippen LogP contribution in [-0.2, 0) is 13.5 Å². The summed E-state index contributed by atoms with van der Waals surface area (Å²) >= 11 is 0. The lowest BCUT2D eigenvalue weighted by molar-refractivity contribution is 0.0976. The summed E-state index contributed by atoms with van der Waals surface area (Å²) in [6.07, 6.45) is 4.72. The molecule has 5 nitrogen and oxygen atoms in total. The van der Waals surface area contributed by atoms with Crippen LogP contribution in [0, 0.1) is 0 Å². The number of ether oxygens (including phenoxy) is 2. The van der Waals surface area contributed by atoms with Gasteiger partial charge in [-0.2, -0.15) is 5.10 Å². The molecule has 0 saturated carbocycles. The van der Waals surface area contributed by atoms with E-state index in [1.165, 1.54) is 0 Å². The van der Waals surface area contributed by atoms with Crippen molar-refractivity contribution in [3.8, 4) is 11.5 Å². The quantitative estimate of drug-likeness (QED) is 0.758. The summed E-state index contributed by atoms with van der Waals surface area (Å²) in [4.78, 5) is 12.4. The first kappa shape index (κ1) is 14.1. The Morgan fingerprint density at radius 1 is 1.25 bits per heavy atom. The number of carbonyl (C=O) groups is 1. The van der Waals surface area contributed by atoms with Gasteiger partial charge in [0.2, 0.25) is 0 Å². The molecule has 2 aromatic rings. The number of nitrogens with zero attached hydrogens (tertiary/aromatic N) is 2. The lowest BCUT2D eigenvalue weighted by Crippen LogP contribution is -2.06. The number of aryl methyl sites for hydroxylation is 2. The van der Waals surface area contributed by atoms with E-state index >= 15 is 0 Å². The molecule has 0 amide bonds. The second-order valence-electron chi connectivity index (χ2n) is 4.48. The van der Waals surface area contributed by atoms with E-state index < -0.39 is 0 Å². The number of ketones is 1. The summed E-state index contributed by atoms with van der Waals surface area (Å²) in [5.41, 5.74) is 1.54. The average Bonchev–Trinajstić information content (AvgIpc) is 2.89. The number of methoxy groups -OCH3 is 2. The van der Waals surface area contributed by atoms with E-state index in [0.717, 1.165) is 5.56 Å². The summed E-state index contributed by atoms with van der Waals surface area (Å²) in [7, 11) is 4.95. The molecule has 2 rings (SSSR count). The first-order valence-corrected chi connectivity index (χ1v) is 6.37. The third kappa shape index (κ3) is 2.99. The van der Waals surface area contributed by atoms with E-state index in [2.05, 4.69) is 5.10 Å². The van der Waals surface area contributed by atoms with Crippen molar-refractivity contribution < 1.29 is 14.3 Å². The minimum Gasteiger partial charge on any atom is -0.496 e. The summed E-state index contributed by atoms with van der Waals surface area (Å²) in [6, 6.07) is 5.33. The maximum Gasteiger partial charge on any atom is 0.170 e. The van der Waals surface area contributed by atoms with E-state index in [9.17, 15) is 4.79 Å². The smallest absolute Gasteiger partial charge is 0.170 e. The van der Waals surface area contributed by atoms with Crippen LogP contribution < -0.4 is 9.47 Å². The standard InChI is InChI=1S/C15H18N2O3/c1-17-10-11(9-16-17)7-8-12(18)15-13(19-2)5-4-6-14(15)20-3/h4-6,9-10H,7-8H2,1-3H3. The number of hydrogen-bond acceptors (Lipinski definition) is 4. The number of aromatic nitrogens is 2. The van der Waals surface area contributed by atoms with E-state index in [-0.39, 0.29) is 5.78 Å². The van der Waals surface area contributed by atoms with E-state index in [1.807, 2.05) is 13.2 Å². The van der Waals surface area contributed by atoms with Crippen molar-refractivity contribution in [3.05, 3.63) is 41.7 Å². The molecule has 20 heavy (non-hydrogen) atoms. The Kier molecular flexibility index (Phi) is 4.40. The first-order chi connectivity index (χ1) is 9.65. The zero-order chi connectivity index (χ0) is 14.5. The van der Waals surface area contributed by atoms with Crippen molar-refractivity contribution in [3.63, 3.8) is 0 Å². The second kappa shape index (κ2) is 6.23. The van der Waals surface area contributed by atoms with Crippen LogP contribution in [0.15, 0.2) is 30.6 Å². The largest absolute Gasteiger partial charge is 0.496 e. The number of carbonyl (C=O) groups excluding carboxylic acids is 1. The molecule has 0 bridgehead atoms. The fraction of sp³-hybridized carbons (Fsp3) is 0.333. The third-order valence-corrected chi connectivity index (χ3v) is 3.11. The predicted molar refractivity (Wildman–Crippen MR) is 75.4 cm³/mol. The number of Topliss-reactive ketones (excluding diaryl/α,β-unsaturated/α-hetero) is 1. The van der Waals surface area contributed by atoms with Gasteiger partial charge in [-0.3, -0.25) is 9.48 Å². The van der Waals surface area contributed by atoms with Crippen molar-refractivity contribution in [2.75, 3.05) is 14.2 Å². The van der Waals surface area contributed by atoms with Crippen molar-refractivity contribution in [1.29, 1.82) is 0 Å². The molecule has 5 heteroatoms. The molecule has 1 aromatic carbocycles. The highest BCUT2D eigenvalue weighted by molar-refractivity contribution is 6.01. The fourth-order valence-electron chi connectivity index (χ4n) is 2.11. The van der Waals surface area contributed by atoms with Crippen LogP contribution in [0.2, 0.25) is 0 Å². The van der Waals surface area contributed by atoms with Gasteiger partial charge >= 0.3 is 0 Å². The number of hydrogen-bond donors (Lipinski definition) is 0. The van der Waals surface area contributed by atoms with Gasteiger partial charge in [-0.05, 0) is 24.1 Å². The van der Waals surface area contributed by atoms with E-state index in [1.54, 1.807) is 43.3 Å². The third-order valence-electron chi connectivity index (χ3n) is 3.11. The highest BCUT2D eigenvalue weighted by Gasteiger charge is 2.17. The molecule has 0 spiro atoms. The second-order valence-corrected chi connectivity index (χ2v) is 4.48. The molecule has 0 aliphatic rings. The van der Waals surface area contributed by atoms with Crippen LogP contribution in [-0.4, -0.2) is 29.8 Å². The Morgan fingerprint density at radius 2 is 1.90 bits per heavy atom. The summed E-state index contributed by atoms with van der Waals surface area (Å²) in [6.45, 7) is 0. The van der Waals surface area contributed by atoms with Crippen LogP contribution in [0.1, 0.15) is 22.3 Å². The maximum absolute atomic E-state index is 12.4. The minimum atomic E-state index is 0.00292. The number of rotatable bonds is 6. The predicted octanol–water partition coefficient (Wildman–Crippen LogP) is 2.25. The summed E-state index contributed by atoms with van der Waals surface area (Å²) in [5, 5.41) is 4.09. The molecular formula is C15H18N2O3. The van der Waals surface area contributed by atoms with Gasteiger partial charge in [-0.1, -0.05) is 6.07 Å². The van der Waals surface area contributed by atoms with Gasteiger partial charge in [-0.25, -0.2) is 0 Å². The normalized spacial score (nSPS) is 10.3. The first-order valence-electron chi connectivity index (χ1n) is 6.37. The van der Waals surface area contributed by atoms with Crippen LogP contribution in [0.3, 0.4) is 0 Å². The van der Waals surface area contributed by atoms with Gasteiger partial charge in [0, 0.05) is 19.7 Å².